The van der Waals surface area contributed by atoms with Crippen molar-refractivity contribution in [1.82, 2.24) is 14.8 Å². The Hall–Kier alpha value is -3.57. The Morgan fingerprint density at radius 2 is 1.75 bits per heavy atom. The smallest absolute Gasteiger partial charge is 0.270 e. The second kappa shape index (κ2) is 12.1. The number of aromatic amines is 1. The highest BCUT2D eigenvalue weighted by Gasteiger charge is 2.46. The van der Waals surface area contributed by atoms with Gasteiger partial charge in [0.05, 0.1) is 0 Å². The van der Waals surface area contributed by atoms with Crippen molar-refractivity contribution >= 4 is 22.5 Å². The van der Waals surface area contributed by atoms with Gasteiger partial charge in [0, 0.05) is 54.7 Å². The van der Waals surface area contributed by atoms with E-state index in [1.807, 2.05) is 6.07 Å². The minimum absolute atomic E-state index is 0.147. The molecule has 2 saturated heterocycles. The number of likely N-dealkylation sites (tertiary alicyclic amines) is 2. The molecule has 2 N–H and O–H groups in total. The van der Waals surface area contributed by atoms with Crippen LogP contribution in [0.3, 0.4) is 0 Å². The number of nitrogens with zero attached hydrogens (tertiary/aromatic N) is 2. The maximum absolute atomic E-state index is 13.5. The Labute approximate surface area is 263 Å². The molecule has 3 aromatic carbocycles. The Bertz CT molecular complexity index is 1620. The lowest BCUT2D eigenvalue weighted by atomic mass is 9.67. The quantitative estimate of drug-likeness (QED) is 0.236. The van der Waals surface area contributed by atoms with E-state index >= 15 is 0 Å². The van der Waals surface area contributed by atoms with Crippen molar-refractivity contribution in [3.8, 4) is 0 Å². The van der Waals surface area contributed by atoms with Gasteiger partial charge in [0.15, 0.2) is 0 Å². The second-order valence-corrected chi connectivity index (χ2v) is 14.2. The zero-order chi connectivity index (χ0) is 30.3. The van der Waals surface area contributed by atoms with Crippen molar-refractivity contribution in [3.05, 3.63) is 101 Å². The minimum atomic E-state index is 0.147. The molecule has 1 aromatic heterocycles. The van der Waals surface area contributed by atoms with Gasteiger partial charge in [-0.25, -0.2) is 0 Å². The monoisotopic (exact) mass is 588 g/mol. The summed E-state index contributed by atoms with van der Waals surface area (Å²) in [6.45, 7) is 13.4. The highest BCUT2D eigenvalue weighted by Crippen LogP contribution is 2.47. The van der Waals surface area contributed by atoms with Crippen molar-refractivity contribution in [1.29, 1.82) is 0 Å². The highest BCUT2D eigenvalue weighted by atomic mass is 16.2. The zero-order valence-corrected chi connectivity index (χ0v) is 26.7. The summed E-state index contributed by atoms with van der Waals surface area (Å²) in [5.74, 6) is 2.11. The number of piperidine rings is 2. The van der Waals surface area contributed by atoms with E-state index in [1.165, 1.54) is 48.4 Å². The summed E-state index contributed by atoms with van der Waals surface area (Å²) < 4.78 is 0. The predicted molar refractivity (Wildman–Crippen MR) is 182 cm³/mol. The van der Waals surface area contributed by atoms with Crippen molar-refractivity contribution in [3.63, 3.8) is 0 Å². The van der Waals surface area contributed by atoms with Crippen molar-refractivity contribution < 1.29 is 4.79 Å². The lowest BCUT2D eigenvalue weighted by Crippen LogP contribution is -2.51. The molecule has 3 aliphatic heterocycles. The standard InChI is InChI=1S/C39H48N4O/c1-27-9-14-34-36(21-27)40-26-39(34)17-20-42(25-29(39)3)24-28(2)32-15-18-43(19-16-32)38(44)37-23-33-13-12-31(22-35(33)41-37)11-10-30-7-5-4-6-8-30/h4-9,12-14,21-23,28-29,32,40-41H,10-11,15-20,24-26H2,1-3H3. The summed E-state index contributed by atoms with van der Waals surface area (Å²) in [5, 5.41) is 4.85. The van der Waals surface area contributed by atoms with Crippen molar-refractivity contribution in [2.24, 2.45) is 17.8 Å². The van der Waals surface area contributed by atoms with E-state index in [9.17, 15) is 4.79 Å². The number of fused-ring (bicyclic) bond motifs is 3. The van der Waals surface area contributed by atoms with E-state index in [2.05, 4.69) is 108 Å². The number of H-pyrrole nitrogens is 1. The predicted octanol–water partition coefficient (Wildman–Crippen LogP) is 7.46. The molecule has 0 bridgehead atoms. The van der Waals surface area contributed by atoms with Crippen LogP contribution < -0.4 is 5.32 Å². The number of anilines is 1. The van der Waals surface area contributed by atoms with Crippen LogP contribution in [0.2, 0.25) is 0 Å². The van der Waals surface area contributed by atoms with E-state index < -0.39 is 0 Å². The van der Waals surface area contributed by atoms with Crippen LogP contribution in [0.25, 0.3) is 10.9 Å². The Morgan fingerprint density at radius 1 is 0.955 bits per heavy atom. The number of amides is 1. The van der Waals surface area contributed by atoms with Crippen LogP contribution in [-0.4, -0.2) is 60.0 Å². The van der Waals surface area contributed by atoms with Crippen LogP contribution in [0.15, 0.2) is 72.8 Å². The summed E-state index contributed by atoms with van der Waals surface area (Å²) in [6, 6.07) is 26.2. The van der Waals surface area contributed by atoms with Crippen LogP contribution >= 0.6 is 0 Å². The van der Waals surface area contributed by atoms with Crippen LogP contribution in [0.5, 0.6) is 0 Å². The van der Waals surface area contributed by atoms with Gasteiger partial charge in [-0.15, -0.1) is 0 Å². The van der Waals surface area contributed by atoms with Crippen LogP contribution in [0, 0.1) is 24.7 Å². The number of aromatic nitrogens is 1. The molecule has 4 heterocycles. The summed E-state index contributed by atoms with van der Waals surface area (Å²) in [5.41, 5.74) is 8.96. The molecule has 7 rings (SSSR count). The summed E-state index contributed by atoms with van der Waals surface area (Å²) in [7, 11) is 0. The first-order valence-electron chi connectivity index (χ1n) is 16.9. The van der Waals surface area contributed by atoms with Gasteiger partial charge >= 0.3 is 0 Å². The Balaban J connectivity index is 0.909. The van der Waals surface area contributed by atoms with E-state index in [1.54, 1.807) is 5.56 Å². The lowest BCUT2D eigenvalue weighted by Gasteiger charge is -2.46. The van der Waals surface area contributed by atoms with Gasteiger partial charge < -0.3 is 20.1 Å². The summed E-state index contributed by atoms with van der Waals surface area (Å²) >= 11 is 0. The van der Waals surface area contributed by atoms with Crippen LogP contribution in [0.1, 0.15) is 65.9 Å². The first-order valence-corrected chi connectivity index (χ1v) is 16.9. The van der Waals surface area contributed by atoms with Gasteiger partial charge in [0.2, 0.25) is 0 Å². The molecular formula is C39H48N4O. The first-order chi connectivity index (χ1) is 21.4. The molecule has 5 nitrogen and oxygen atoms in total. The number of aryl methyl sites for hydroxylation is 3. The van der Waals surface area contributed by atoms with Gasteiger partial charge in [-0.05, 0) is 104 Å². The third kappa shape index (κ3) is 5.67. The van der Waals surface area contributed by atoms with Crippen molar-refractivity contribution in [2.45, 2.75) is 58.3 Å². The molecular weight excluding hydrogens is 540 g/mol. The fourth-order valence-corrected chi connectivity index (χ4v) is 8.45. The SMILES string of the molecule is Cc1ccc2c(c1)NCC21CCN(CC(C)C2CCN(C(=O)c3cc4ccc(CCc5ccccc5)cc4[nH]3)CC2)CC1C. The largest absolute Gasteiger partial charge is 0.384 e. The number of benzene rings is 3. The molecule has 44 heavy (non-hydrogen) atoms. The van der Waals surface area contributed by atoms with E-state index in [-0.39, 0.29) is 11.3 Å². The number of carbonyl (C=O) groups is 1. The number of nitrogens with one attached hydrogen (secondary N) is 2. The van der Waals surface area contributed by atoms with Gasteiger partial charge in [-0.1, -0.05) is 68.4 Å². The third-order valence-corrected chi connectivity index (χ3v) is 11.3. The number of hydrogen-bond donors (Lipinski definition) is 2. The minimum Gasteiger partial charge on any atom is -0.384 e. The summed E-state index contributed by atoms with van der Waals surface area (Å²) in [4.78, 5) is 21.8. The molecule has 0 radical (unpaired) electrons. The molecule has 5 heteroatoms. The molecule has 0 aliphatic carbocycles. The van der Waals surface area contributed by atoms with Crippen molar-refractivity contribution in [2.75, 3.05) is 44.6 Å². The van der Waals surface area contributed by atoms with E-state index in [0.717, 1.165) is 61.9 Å². The maximum Gasteiger partial charge on any atom is 0.270 e. The molecule has 2 fully saturated rings. The highest BCUT2D eigenvalue weighted by molar-refractivity contribution is 5.98. The Kier molecular flexibility index (Phi) is 8.01. The normalized spacial score (nSPS) is 23.2. The topological polar surface area (TPSA) is 51.4 Å². The lowest BCUT2D eigenvalue weighted by molar-refractivity contribution is 0.0582. The molecule has 1 spiro atoms. The second-order valence-electron chi connectivity index (χ2n) is 14.2. The van der Waals surface area contributed by atoms with Crippen LogP contribution in [0.4, 0.5) is 5.69 Å². The fraction of sp³-hybridized carbons (Fsp3) is 0.462. The molecule has 1 amide bonds. The molecule has 4 aromatic rings. The van der Waals surface area contributed by atoms with Crippen LogP contribution in [-0.2, 0) is 18.3 Å². The molecule has 3 aliphatic rings. The van der Waals surface area contributed by atoms with Gasteiger partial charge in [-0.2, -0.15) is 0 Å². The maximum atomic E-state index is 13.5. The average Bonchev–Trinajstić information content (AvgIpc) is 3.64. The summed E-state index contributed by atoms with van der Waals surface area (Å²) in [6.07, 6.45) is 5.45. The number of hydrogen-bond acceptors (Lipinski definition) is 3. The average molecular weight is 589 g/mol. The fourth-order valence-electron chi connectivity index (χ4n) is 8.45. The first kappa shape index (κ1) is 29.2. The van der Waals surface area contributed by atoms with E-state index in [0.29, 0.717) is 17.8 Å². The zero-order valence-electron chi connectivity index (χ0n) is 26.7. The van der Waals surface area contributed by atoms with Gasteiger partial charge in [-0.3, -0.25) is 4.79 Å². The Morgan fingerprint density at radius 3 is 2.55 bits per heavy atom. The molecule has 0 saturated carbocycles. The molecule has 230 valence electrons. The number of rotatable bonds is 7. The molecule has 3 atom stereocenters. The molecule has 3 unspecified atom stereocenters. The van der Waals surface area contributed by atoms with Gasteiger partial charge in [0.1, 0.15) is 5.69 Å². The van der Waals surface area contributed by atoms with Gasteiger partial charge in [0.25, 0.3) is 5.91 Å². The van der Waals surface area contributed by atoms with E-state index in [4.69, 9.17) is 0 Å². The third-order valence-electron chi connectivity index (χ3n) is 11.3. The number of carbonyl (C=O) groups excluding carboxylic acids is 1.